The summed E-state index contributed by atoms with van der Waals surface area (Å²) in [6.07, 6.45) is 26.9. The molecule has 0 aliphatic heterocycles. The number of unbranched alkanes of at least 4 members (excludes halogenated alkanes) is 4. The zero-order valence-electron chi connectivity index (χ0n) is 14.0. The van der Waals surface area contributed by atoms with Gasteiger partial charge in [0.1, 0.15) is 0 Å². The Morgan fingerprint density at radius 3 is 2.10 bits per heavy atom. The molecule has 0 radical (unpaired) electrons. The molecule has 1 atom stereocenters. The van der Waals surface area contributed by atoms with Crippen molar-refractivity contribution in [3.05, 3.63) is 48.6 Å². The number of hydrogen-bond acceptors (Lipinski definition) is 1. The fraction of sp³-hybridized carbons (Fsp3) is 0.600. The van der Waals surface area contributed by atoms with Crippen LogP contribution in [0.3, 0.4) is 0 Å². The van der Waals surface area contributed by atoms with Crippen LogP contribution in [0.4, 0.5) is 0 Å². The van der Waals surface area contributed by atoms with Crippen molar-refractivity contribution in [2.45, 2.75) is 65.2 Å². The molecule has 0 heterocycles. The van der Waals surface area contributed by atoms with Gasteiger partial charge in [-0.2, -0.15) is 0 Å². The Morgan fingerprint density at radius 2 is 1.38 bits per heavy atom. The normalized spacial score (nSPS) is 14.2. The van der Waals surface area contributed by atoms with Gasteiger partial charge in [-0.25, -0.2) is 0 Å². The molecule has 1 N–H and O–H groups in total. The average molecular weight is 290 g/mol. The highest BCUT2D eigenvalue weighted by molar-refractivity contribution is 5.02. The zero-order valence-corrected chi connectivity index (χ0v) is 14.0. The van der Waals surface area contributed by atoms with E-state index in [9.17, 15) is 0 Å². The third-order valence-electron chi connectivity index (χ3n) is 3.26. The lowest BCUT2D eigenvalue weighted by molar-refractivity contribution is 0.289. The summed E-state index contributed by atoms with van der Waals surface area (Å²) in [4.78, 5) is 0. The van der Waals surface area contributed by atoms with Crippen molar-refractivity contribution in [3.63, 3.8) is 0 Å². The molecule has 0 aliphatic rings. The fourth-order valence-electron chi connectivity index (χ4n) is 1.95. The molecule has 21 heavy (non-hydrogen) atoms. The smallest absolute Gasteiger partial charge is 0.0433 e. The fourth-order valence-corrected chi connectivity index (χ4v) is 1.95. The topological polar surface area (TPSA) is 20.2 Å². The van der Waals surface area contributed by atoms with Crippen LogP contribution in [0, 0.1) is 5.92 Å². The lowest BCUT2D eigenvalue weighted by Crippen LogP contribution is -1.82. The minimum atomic E-state index is 0.288. The van der Waals surface area contributed by atoms with Gasteiger partial charge in [-0.3, -0.25) is 0 Å². The molecule has 0 saturated carbocycles. The van der Waals surface area contributed by atoms with E-state index in [-0.39, 0.29) is 6.61 Å². The summed E-state index contributed by atoms with van der Waals surface area (Å²) in [5.74, 6) is 0.540. The lowest BCUT2D eigenvalue weighted by Gasteiger charge is -1.97. The van der Waals surface area contributed by atoms with Crippen LogP contribution in [-0.2, 0) is 0 Å². The Kier molecular flexibility index (Phi) is 16.1. The molecule has 0 aromatic carbocycles. The molecule has 0 unspecified atom stereocenters. The van der Waals surface area contributed by atoms with E-state index in [2.05, 4.69) is 62.5 Å². The van der Waals surface area contributed by atoms with E-state index in [0.717, 1.165) is 25.7 Å². The molecular formula is C20H34O. The molecule has 0 amide bonds. The van der Waals surface area contributed by atoms with E-state index in [1.165, 1.54) is 25.7 Å². The van der Waals surface area contributed by atoms with Crippen LogP contribution < -0.4 is 0 Å². The molecular weight excluding hydrogens is 256 g/mol. The predicted octanol–water partition coefficient (Wildman–Crippen LogP) is 5.98. The molecule has 0 bridgehead atoms. The molecule has 0 saturated heterocycles. The molecule has 0 rings (SSSR count). The maximum atomic E-state index is 8.64. The van der Waals surface area contributed by atoms with Gasteiger partial charge >= 0.3 is 0 Å². The van der Waals surface area contributed by atoms with Crippen molar-refractivity contribution in [3.8, 4) is 0 Å². The van der Waals surface area contributed by atoms with Crippen LogP contribution in [0.2, 0.25) is 0 Å². The average Bonchev–Trinajstić information content (AvgIpc) is 2.49. The van der Waals surface area contributed by atoms with Crippen molar-refractivity contribution in [2.24, 2.45) is 5.92 Å². The predicted molar refractivity (Wildman–Crippen MR) is 95.4 cm³/mol. The van der Waals surface area contributed by atoms with Crippen LogP contribution in [0.5, 0.6) is 0 Å². The maximum Gasteiger partial charge on any atom is 0.0433 e. The first kappa shape index (κ1) is 19.9. The van der Waals surface area contributed by atoms with Crippen LogP contribution in [0.15, 0.2) is 48.6 Å². The Bertz CT molecular complexity index is 310. The van der Waals surface area contributed by atoms with Crippen molar-refractivity contribution < 1.29 is 5.11 Å². The summed E-state index contributed by atoms with van der Waals surface area (Å²) in [7, 11) is 0. The van der Waals surface area contributed by atoms with Crippen molar-refractivity contribution in [1.29, 1.82) is 0 Å². The number of aliphatic hydroxyl groups is 1. The first-order valence-corrected chi connectivity index (χ1v) is 8.55. The number of aliphatic hydroxyl groups excluding tert-OH is 1. The van der Waals surface area contributed by atoms with Crippen molar-refractivity contribution in [2.75, 3.05) is 6.61 Å². The lowest BCUT2D eigenvalue weighted by atomic mass is 10.1. The van der Waals surface area contributed by atoms with Gasteiger partial charge in [-0.15, -0.1) is 0 Å². The third kappa shape index (κ3) is 16.9. The largest absolute Gasteiger partial charge is 0.396 e. The van der Waals surface area contributed by atoms with Gasteiger partial charge in [0.15, 0.2) is 0 Å². The molecule has 0 aliphatic carbocycles. The van der Waals surface area contributed by atoms with E-state index in [0.29, 0.717) is 5.92 Å². The van der Waals surface area contributed by atoms with Crippen molar-refractivity contribution >= 4 is 0 Å². The van der Waals surface area contributed by atoms with Crippen molar-refractivity contribution in [1.82, 2.24) is 0 Å². The highest BCUT2D eigenvalue weighted by Crippen LogP contribution is 2.05. The maximum absolute atomic E-state index is 8.64. The number of allylic oxidation sites excluding steroid dienone is 8. The van der Waals surface area contributed by atoms with E-state index in [1.54, 1.807) is 0 Å². The van der Waals surface area contributed by atoms with Gasteiger partial charge < -0.3 is 5.11 Å². The summed E-state index contributed by atoms with van der Waals surface area (Å²) in [6.45, 7) is 4.77. The number of rotatable bonds is 13. The second-order valence-electron chi connectivity index (χ2n) is 5.49. The second kappa shape index (κ2) is 17.0. The molecule has 0 aromatic rings. The first-order chi connectivity index (χ1) is 10.3. The summed E-state index contributed by atoms with van der Waals surface area (Å²) < 4.78 is 0. The van der Waals surface area contributed by atoms with Gasteiger partial charge in [0.25, 0.3) is 0 Å². The van der Waals surface area contributed by atoms with Gasteiger partial charge in [0.05, 0.1) is 0 Å². The SMILES string of the molecule is CCCCC/C=C\[C@H](C)/C=C\C/C=C\C/C=C\CCCO. The van der Waals surface area contributed by atoms with E-state index in [1.807, 2.05) is 0 Å². The van der Waals surface area contributed by atoms with E-state index >= 15 is 0 Å². The highest BCUT2D eigenvalue weighted by Gasteiger charge is 1.88. The van der Waals surface area contributed by atoms with Crippen LogP contribution >= 0.6 is 0 Å². The Balaban J connectivity index is 3.58. The molecule has 0 fully saturated rings. The van der Waals surface area contributed by atoms with E-state index < -0.39 is 0 Å². The Morgan fingerprint density at radius 1 is 0.762 bits per heavy atom. The van der Waals surface area contributed by atoms with E-state index in [4.69, 9.17) is 5.11 Å². The van der Waals surface area contributed by atoms with Crippen LogP contribution in [0.25, 0.3) is 0 Å². The molecule has 1 nitrogen and oxygen atoms in total. The van der Waals surface area contributed by atoms with Gasteiger partial charge in [-0.05, 0) is 44.4 Å². The standard InChI is InChI=1S/C20H34O/c1-3-4-5-11-14-17-20(2)18-15-12-9-7-6-8-10-13-16-19-21/h7-10,14-15,17-18,20-21H,3-6,11-13,16,19H2,1-2H3/b9-7-,10-8-,17-14-,18-15-/t20-/m0/s1. The molecule has 1 heteroatoms. The van der Waals surface area contributed by atoms with Crippen LogP contribution in [0.1, 0.15) is 65.2 Å². The quantitative estimate of drug-likeness (QED) is 0.327. The summed E-state index contributed by atoms with van der Waals surface area (Å²) in [5, 5.41) is 8.64. The molecule has 0 aromatic heterocycles. The zero-order chi connectivity index (χ0) is 15.6. The molecule has 120 valence electrons. The minimum absolute atomic E-state index is 0.288. The second-order valence-corrected chi connectivity index (χ2v) is 5.49. The first-order valence-electron chi connectivity index (χ1n) is 8.55. The number of hydrogen-bond donors (Lipinski definition) is 1. The minimum Gasteiger partial charge on any atom is -0.396 e. The Hall–Kier alpha value is -1.08. The monoisotopic (exact) mass is 290 g/mol. The summed E-state index contributed by atoms with van der Waals surface area (Å²) in [5.41, 5.74) is 0. The third-order valence-corrected chi connectivity index (χ3v) is 3.26. The van der Waals surface area contributed by atoms with Gasteiger partial charge in [-0.1, -0.05) is 75.3 Å². The summed E-state index contributed by atoms with van der Waals surface area (Å²) >= 11 is 0. The van der Waals surface area contributed by atoms with Gasteiger partial charge in [0, 0.05) is 6.61 Å². The van der Waals surface area contributed by atoms with Gasteiger partial charge in [0.2, 0.25) is 0 Å². The Labute approximate surface area is 132 Å². The summed E-state index contributed by atoms with van der Waals surface area (Å²) in [6, 6.07) is 0. The molecule has 0 spiro atoms. The highest BCUT2D eigenvalue weighted by atomic mass is 16.2. The van der Waals surface area contributed by atoms with Crippen LogP contribution in [-0.4, -0.2) is 11.7 Å².